The van der Waals surface area contributed by atoms with Crippen molar-refractivity contribution in [3.63, 3.8) is 0 Å². The van der Waals surface area contributed by atoms with Crippen LogP contribution in [-0.4, -0.2) is 30.4 Å². The number of hydrogen-bond acceptors (Lipinski definition) is 2. The van der Waals surface area contributed by atoms with E-state index >= 15 is 0 Å². The van der Waals surface area contributed by atoms with E-state index in [1.165, 1.54) is 17.5 Å². The third kappa shape index (κ3) is 3.40. The van der Waals surface area contributed by atoms with E-state index in [9.17, 15) is 4.79 Å². The molecule has 3 heteroatoms. The van der Waals surface area contributed by atoms with Crippen LogP contribution >= 0.6 is 0 Å². The number of hydrogen-bond donors (Lipinski definition) is 1. The second-order valence-corrected chi connectivity index (χ2v) is 6.48. The Morgan fingerprint density at radius 1 is 1.35 bits per heavy atom. The van der Waals surface area contributed by atoms with Crippen molar-refractivity contribution < 1.29 is 4.79 Å². The van der Waals surface area contributed by atoms with Gasteiger partial charge in [0.1, 0.15) is 0 Å². The van der Waals surface area contributed by atoms with Gasteiger partial charge in [0.25, 0.3) is 0 Å². The van der Waals surface area contributed by atoms with Crippen molar-refractivity contribution in [2.24, 2.45) is 5.92 Å². The van der Waals surface area contributed by atoms with Crippen LogP contribution in [0.2, 0.25) is 0 Å². The van der Waals surface area contributed by atoms with Gasteiger partial charge in [-0.25, -0.2) is 0 Å². The summed E-state index contributed by atoms with van der Waals surface area (Å²) in [5.41, 5.74) is 2.07. The maximum atomic E-state index is 12.4. The molecule has 0 aromatic heterocycles. The third-order valence-corrected chi connectivity index (χ3v) is 4.18. The van der Waals surface area contributed by atoms with Crippen molar-refractivity contribution in [2.45, 2.75) is 39.7 Å². The van der Waals surface area contributed by atoms with Crippen molar-refractivity contribution in [2.75, 3.05) is 19.6 Å². The van der Waals surface area contributed by atoms with Crippen LogP contribution in [0.25, 0.3) is 0 Å². The second-order valence-electron chi connectivity index (χ2n) is 6.48. The molecule has 1 heterocycles. The minimum Gasteiger partial charge on any atom is -0.347 e. The number of benzene rings is 1. The highest BCUT2D eigenvalue weighted by Crippen LogP contribution is 2.24. The molecule has 0 unspecified atom stereocenters. The Labute approximate surface area is 122 Å². The van der Waals surface area contributed by atoms with Crippen molar-refractivity contribution in [3.05, 3.63) is 35.4 Å². The molecule has 0 bridgehead atoms. The lowest BCUT2D eigenvalue weighted by molar-refractivity contribution is -0.127. The Kier molecular flexibility index (Phi) is 4.48. The lowest BCUT2D eigenvalue weighted by atomic mass is 9.90. The van der Waals surface area contributed by atoms with E-state index < -0.39 is 0 Å². The summed E-state index contributed by atoms with van der Waals surface area (Å²) in [7, 11) is 0. The molecule has 0 saturated carbocycles. The highest BCUT2D eigenvalue weighted by molar-refractivity contribution is 5.79. The summed E-state index contributed by atoms with van der Waals surface area (Å²) in [6.07, 6.45) is 1.27. The molecule has 0 spiro atoms. The Balaban J connectivity index is 1.99. The minimum atomic E-state index is -0.328. The highest BCUT2D eigenvalue weighted by atomic mass is 16.2. The predicted octanol–water partition coefficient (Wildman–Crippen LogP) is 2.69. The molecule has 20 heavy (non-hydrogen) atoms. The van der Waals surface area contributed by atoms with E-state index in [-0.39, 0.29) is 17.4 Å². The smallest absolute Gasteiger partial charge is 0.224 e. The molecule has 1 saturated heterocycles. The van der Waals surface area contributed by atoms with E-state index in [2.05, 4.69) is 43.1 Å². The Hall–Kier alpha value is -1.35. The summed E-state index contributed by atoms with van der Waals surface area (Å²) in [4.78, 5) is 14.7. The van der Waals surface area contributed by atoms with Gasteiger partial charge in [-0.15, -0.1) is 0 Å². The van der Waals surface area contributed by atoms with Crippen LogP contribution in [0.3, 0.4) is 0 Å². The van der Waals surface area contributed by atoms with Gasteiger partial charge in [-0.2, -0.15) is 0 Å². The van der Waals surface area contributed by atoms with E-state index in [4.69, 9.17) is 0 Å². The lowest BCUT2D eigenvalue weighted by Crippen LogP contribution is -2.48. The van der Waals surface area contributed by atoms with Gasteiger partial charge >= 0.3 is 0 Å². The molecular weight excluding hydrogens is 248 g/mol. The first-order chi connectivity index (χ1) is 9.40. The van der Waals surface area contributed by atoms with Gasteiger partial charge in [0.2, 0.25) is 5.91 Å². The molecule has 0 aliphatic carbocycles. The van der Waals surface area contributed by atoms with Crippen molar-refractivity contribution in [3.8, 4) is 0 Å². The average Bonchev–Trinajstić information content (AvgIpc) is 2.33. The monoisotopic (exact) mass is 274 g/mol. The minimum absolute atomic E-state index is 0.0404. The van der Waals surface area contributed by atoms with E-state index in [1.807, 2.05) is 19.1 Å². The van der Waals surface area contributed by atoms with Crippen LogP contribution in [0.5, 0.6) is 0 Å². The van der Waals surface area contributed by atoms with E-state index in [0.29, 0.717) is 0 Å². The van der Waals surface area contributed by atoms with Gasteiger partial charge in [0.05, 0.1) is 5.54 Å². The number of rotatable bonds is 5. The molecule has 1 aromatic carbocycles. The summed E-state index contributed by atoms with van der Waals surface area (Å²) >= 11 is 0. The van der Waals surface area contributed by atoms with Gasteiger partial charge in [-0.3, -0.25) is 4.79 Å². The van der Waals surface area contributed by atoms with Gasteiger partial charge < -0.3 is 10.2 Å². The number of nitrogens with zero attached hydrogens (tertiary/aromatic N) is 1. The first-order valence-corrected chi connectivity index (χ1v) is 7.50. The Morgan fingerprint density at radius 2 is 2.00 bits per heavy atom. The summed E-state index contributed by atoms with van der Waals surface area (Å²) in [5, 5.41) is 3.20. The fourth-order valence-electron chi connectivity index (χ4n) is 2.81. The zero-order valence-corrected chi connectivity index (χ0v) is 13.1. The largest absolute Gasteiger partial charge is 0.347 e. The van der Waals surface area contributed by atoms with Crippen molar-refractivity contribution >= 4 is 5.91 Å². The van der Waals surface area contributed by atoms with Gasteiger partial charge in [0, 0.05) is 12.5 Å². The summed E-state index contributed by atoms with van der Waals surface area (Å²) in [6, 6.07) is 8.24. The summed E-state index contributed by atoms with van der Waals surface area (Å²) in [5.74, 6) is 0.184. The fraction of sp³-hybridized carbons (Fsp3) is 0.588. The molecule has 0 radical (unpaired) electrons. The van der Waals surface area contributed by atoms with Crippen LogP contribution < -0.4 is 5.32 Å². The second kappa shape index (κ2) is 5.96. The number of amides is 1. The molecule has 1 aromatic rings. The molecule has 2 rings (SSSR count). The normalized spacial score (nSPS) is 17.4. The van der Waals surface area contributed by atoms with Crippen LogP contribution in [0.1, 0.15) is 38.3 Å². The number of aryl methyl sites for hydroxylation is 1. The Morgan fingerprint density at radius 3 is 2.55 bits per heavy atom. The SMILES string of the molecule is Cc1ccccc1C(C)(C)NC(=O)[C@@H](C)CN1CCC1. The topological polar surface area (TPSA) is 32.3 Å². The van der Waals surface area contributed by atoms with Gasteiger partial charge in [0.15, 0.2) is 0 Å². The van der Waals surface area contributed by atoms with Crippen LogP contribution in [0, 0.1) is 12.8 Å². The molecule has 1 N–H and O–H groups in total. The molecular formula is C17H26N2O. The Bertz CT molecular complexity index is 478. The van der Waals surface area contributed by atoms with E-state index in [1.54, 1.807) is 0 Å². The van der Waals surface area contributed by atoms with E-state index in [0.717, 1.165) is 19.6 Å². The lowest BCUT2D eigenvalue weighted by Gasteiger charge is -2.34. The standard InChI is InChI=1S/C17H26N2O/c1-13-8-5-6-9-15(13)17(3,4)18-16(20)14(2)12-19-10-7-11-19/h5-6,8-9,14H,7,10-12H2,1-4H3,(H,18,20)/t14-/m0/s1. The third-order valence-electron chi connectivity index (χ3n) is 4.18. The molecule has 1 aliphatic rings. The molecule has 3 nitrogen and oxygen atoms in total. The number of carbonyl (C=O) groups excluding carboxylic acids is 1. The molecule has 110 valence electrons. The molecule has 1 atom stereocenters. The first kappa shape index (κ1) is 15.0. The average molecular weight is 274 g/mol. The molecule has 1 fully saturated rings. The number of likely N-dealkylation sites (tertiary alicyclic amines) is 1. The number of nitrogens with one attached hydrogen (secondary N) is 1. The van der Waals surface area contributed by atoms with Gasteiger partial charge in [-0.1, -0.05) is 31.2 Å². The highest BCUT2D eigenvalue weighted by Gasteiger charge is 2.28. The van der Waals surface area contributed by atoms with Crippen LogP contribution in [0.15, 0.2) is 24.3 Å². The zero-order chi connectivity index (χ0) is 14.8. The summed E-state index contributed by atoms with van der Waals surface area (Å²) < 4.78 is 0. The van der Waals surface area contributed by atoms with Crippen LogP contribution in [-0.2, 0) is 10.3 Å². The maximum Gasteiger partial charge on any atom is 0.224 e. The maximum absolute atomic E-state index is 12.4. The fourth-order valence-corrected chi connectivity index (χ4v) is 2.81. The summed E-state index contributed by atoms with van der Waals surface area (Å²) in [6.45, 7) is 11.4. The van der Waals surface area contributed by atoms with Crippen molar-refractivity contribution in [1.82, 2.24) is 10.2 Å². The van der Waals surface area contributed by atoms with Crippen molar-refractivity contribution in [1.29, 1.82) is 0 Å². The molecule has 1 amide bonds. The predicted molar refractivity (Wildman–Crippen MR) is 82.6 cm³/mol. The zero-order valence-electron chi connectivity index (χ0n) is 13.1. The first-order valence-electron chi connectivity index (χ1n) is 7.50. The number of carbonyl (C=O) groups is 1. The quantitative estimate of drug-likeness (QED) is 0.895. The molecule has 1 aliphatic heterocycles. The van der Waals surface area contributed by atoms with Crippen LogP contribution in [0.4, 0.5) is 0 Å². The van der Waals surface area contributed by atoms with Gasteiger partial charge in [-0.05, 0) is 51.4 Å².